The number of nitrogens with one attached hydrogen (secondary N) is 2. The molecule has 3 nitrogen and oxygen atoms in total. The molecule has 2 N–H and O–H groups in total. The average Bonchev–Trinajstić information content (AvgIpc) is 2.78. The Bertz CT molecular complexity index is 522. The summed E-state index contributed by atoms with van der Waals surface area (Å²) in [4.78, 5) is 12.0. The summed E-state index contributed by atoms with van der Waals surface area (Å²) in [6, 6.07) is 2.41. The van der Waals surface area contributed by atoms with Gasteiger partial charge in [0.2, 0.25) is 5.91 Å². The summed E-state index contributed by atoms with van der Waals surface area (Å²) in [7, 11) is 0. The van der Waals surface area contributed by atoms with Crippen LogP contribution in [0.15, 0.2) is 18.2 Å². The number of carbonyl (C=O) groups excluding carboxylic acids is 1. The van der Waals surface area contributed by atoms with Crippen LogP contribution in [0.4, 0.5) is 23.2 Å². The maximum absolute atomic E-state index is 13.1. The summed E-state index contributed by atoms with van der Waals surface area (Å²) in [6.45, 7) is 2.37. The summed E-state index contributed by atoms with van der Waals surface area (Å²) >= 11 is 0. The van der Waals surface area contributed by atoms with E-state index >= 15 is 0 Å². The molecule has 7 heteroatoms. The predicted molar refractivity (Wildman–Crippen MR) is 65.7 cm³/mol. The Morgan fingerprint density at radius 3 is 2.65 bits per heavy atom. The molecule has 0 radical (unpaired) electrons. The maximum Gasteiger partial charge on any atom is 0.419 e. The van der Waals surface area contributed by atoms with Crippen molar-refractivity contribution >= 4 is 11.6 Å². The Balaban J connectivity index is 2.20. The molecule has 110 valence electrons. The number of hydrogen-bond donors (Lipinski definition) is 2. The predicted octanol–water partition coefficient (Wildman–Crippen LogP) is 2.93. The zero-order valence-corrected chi connectivity index (χ0v) is 10.8. The first-order chi connectivity index (χ1) is 9.22. The van der Waals surface area contributed by atoms with Gasteiger partial charge in [-0.2, -0.15) is 13.2 Å². The molecule has 1 amide bonds. The zero-order chi connectivity index (χ0) is 15.0. The smallest absolute Gasteiger partial charge is 0.324 e. The molecule has 1 aromatic rings. The van der Waals surface area contributed by atoms with Crippen molar-refractivity contribution in [3.8, 4) is 0 Å². The zero-order valence-electron chi connectivity index (χ0n) is 10.8. The van der Waals surface area contributed by atoms with Gasteiger partial charge in [0.25, 0.3) is 0 Å². The quantitative estimate of drug-likeness (QED) is 0.822. The molecule has 1 aromatic carbocycles. The van der Waals surface area contributed by atoms with Gasteiger partial charge in [0.1, 0.15) is 5.82 Å². The van der Waals surface area contributed by atoms with E-state index in [1.165, 1.54) is 0 Å². The Morgan fingerprint density at radius 2 is 2.10 bits per heavy atom. The first-order valence-corrected chi connectivity index (χ1v) is 6.16. The molecule has 0 aromatic heterocycles. The number of hydrogen-bond acceptors (Lipinski definition) is 2. The number of anilines is 1. The molecule has 1 saturated heterocycles. The number of amides is 1. The largest absolute Gasteiger partial charge is 0.419 e. The highest BCUT2D eigenvalue weighted by atomic mass is 19.4. The van der Waals surface area contributed by atoms with E-state index in [0.717, 1.165) is 12.5 Å². The van der Waals surface area contributed by atoms with Gasteiger partial charge < -0.3 is 10.6 Å². The summed E-state index contributed by atoms with van der Waals surface area (Å²) in [5.41, 5.74) is -2.26. The summed E-state index contributed by atoms with van der Waals surface area (Å²) in [5, 5.41) is 5.40. The van der Waals surface area contributed by atoms with Gasteiger partial charge in [0.05, 0.1) is 11.1 Å². The minimum absolute atomic E-state index is 0.0707. The first-order valence-electron chi connectivity index (χ1n) is 6.16. The van der Waals surface area contributed by atoms with Gasteiger partial charge in [-0.05, 0) is 44.5 Å². The SMILES string of the molecule is CC1(C(=O)Nc2ccc(F)c(C(F)(F)F)c2)CCCN1. The van der Waals surface area contributed by atoms with Crippen molar-refractivity contribution in [2.75, 3.05) is 11.9 Å². The lowest BCUT2D eigenvalue weighted by atomic mass is 9.99. The van der Waals surface area contributed by atoms with E-state index in [2.05, 4.69) is 10.6 Å². The average molecular weight is 290 g/mol. The Morgan fingerprint density at radius 1 is 1.40 bits per heavy atom. The second-order valence-corrected chi connectivity index (χ2v) is 5.01. The maximum atomic E-state index is 13.1. The molecule has 1 heterocycles. The van der Waals surface area contributed by atoms with Crippen molar-refractivity contribution in [2.45, 2.75) is 31.5 Å². The van der Waals surface area contributed by atoms with Crippen molar-refractivity contribution in [2.24, 2.45) is 0 Å². The van der Waals surface area contributed by atoms with E-state index < -0.39 is 29.0 Å². The van der Waals surface area contributed by atoms with Crippen molar-refractivity contribution in [3.63, 3.8) is 0 Å². The normalized spacial score (nSPS) is 22.9. The highest BCUT2D eigenvalue weighted by molar-refractivity contribution is 5.98. The van der Waals surface area contributed by atoms with E-state index in [4.69, 9.17) is 0 Å². The fraction of sp³-hybridized carbons (Fsp3) is 0.462. The minimum Gasteiger partial charge on any atom is -0.324 e. The number of benzene rings is 1. The number of alkyl halides is 3. The number of rotatable bonds is 2. The van der Waals surface area contributed by atoms with Crippen LogP contribution in [-0.4, -0.2) is 18.0 Å². The van der Waals surface area contributed by atoms with Gasteiger partial charge in [-0.1, -0.05) is 0 Å². The molecule has 2 rings (SSSR count). The fourth-order valence-corrected chi connectivity index (χ4v) is 2.18. The lowest BCUT2D eigenvalue weighted by Gasteiger charge is -2.23. The molecule has 1 atom stereocenters. The van der Waals surface area contributed by atoms with Crippen LogP contribution in [0.1, 0.15) is 25.3 Å². The monoisotopic (exact) mass is 290 g/mol. The third kappa shape index (κ3) is 2.92. The van der Waals surface area contributed by atoms with Crippen LogP contribution >= 0.6 is 0 Å². The molecule has 0 saturated carbocycles. The number of halogens is 4. The van der Waals surface area contributed by atoms with E-state index in [9.17, 15) is 22.4 Å². The Kier molecular flexibility index (Phi) is 3.73. The second-order valence-electron chi connectivity index (χ2n) is 5.01. The Hall–Kier alpha value is -1.63. The summed E-state index contributed by atoms with van der Waals surface area (Å²) in [5.74, 6) is -1.78. The summed E-state index contributed by atoms with van der Waals surface area (Å²) in [6.07, 6.45) is -3.37. The van der Waals surface area contributed by atoms with Gasteiger partial charge in [-0.25, -0.2) is 4.39 Å². The molecule has 1 fully saturated rings. The topological polar surface area (TPSA) is 41.1 Å². The van der Waals surface area contributed by atoms with Crippen LogP contribution in [0, 0.1) is 5.82 Å². The molecular formula is C13H14F4N2O. The fourth-order valence-electron chi connectivity index (χ4n) is 2.18. The van der Waals surface area contributed by atoms with Gasteiger partial charge in [-0.15, -0.1) is 0 Å². The van der Waals surface area contributed by atoms with Crippen LogP contribution in [0.2, 0.25) is 0 Å². The molecule has 1 unspecified atom stereocenters. The van der Waals surface area contributed by atoms with E-state index in [-0.39, 0.29) is 5.69 Å². The van der Waals surface area contributed by atoms with Crippen LogP contribution < -0.4 is 10.6 Å². The van der Waals surface area contributed by atoms with Gasteiger partial charge in [0.15, 0.2) is 0 Å². The van der Waals surface area contributed by atoms with Gasteiger partial charge in [-0.3, -0.25) is 4.79 Å². The molecule has 1 aliphatic heterocycles. The van der Waals surface area contributed by atoms with Crippen LogP contribution in [0.25, 0.3) is 0 Å². The Labute approximate surface area is 113 Å². The van der Waals surface area contributed by atoms with Crippen molar-refractivity contribution < 1.29 is 22.4 Å². The van der Waals surface area contributed by atoms with Gasteiger partial charge in [0, 0.05) is 5.69 Å². The van der Waals surface area contributed by atoms with Crippen molar-refractivity contribution in [1.29, 1.82) is 0 Å². The van der Waals surface area contributed by atoms with Crippen LogP contribution in [0.3, 0.4) is 0 Å². The first kappa shape index (κ1) is 14.8. The second kappa shape index (κ2) is 5.05. The minimum atomic E-state index is -4.79. The summed E-state index contributed by atoms with van der Waals surface area (Å²) < 4.78 is 50.9. The van der Waals surface area contributed by atoms with Crippen LogP contribution in [-0.2, 0) is 11.0 Å². The lowest BCUT2D eigenvalue weighted by molar-refractivity contribution is -0.140. The van der Waals surface area contributed by atoms with Crippen LogP contribution in [0.5, 0.6) is 0 Å². The van der Waals surface area contributed by atoms with Crippen molar-refractivity contribution in [1.82, 2.24) is 5.32 Å². The molecule has 0 aliphatic carbocycles. The molecule has 0 bridgehead atoms. The number of carbonyl (C=O) groups is 1. The van der Waals surface area contributed by atoms with E-state index in [1.54, 1.807) is 6.92 Å². The highest BCUT2D eigenvalue weighted by Crippen LogP contribution is 2.33. The molecule has 1 aliphatic rings. The van der Waals surface area contributed by atoms with E-state index in [0.29, 0.717) is 25.1 Å². The standard InChI is InChI=1S/C13H14F4N2O/c1-12(5-2-6-18-12)11(20)19-8-3-4-10(14)9(7-8)13(15,16)17/h3-4,7,18H,2,5-6H2,1H3,(H,19,20). The lowest BCUT2D eigenvalue weighted by Crippen LogP contribution is -2.47. The highest BCUT2D eigenvalue weighted by Gasteiger charge is 2.37. The third-order valence-corrected chi connectivity index (χ3v) is 3.40. The molecule has 20 heavy (non-hydrogen) atoms. The molecule has 0 spiro atoms. The van der Waals surface area contributed by atoms with E-state index in [1.807, 2.05) is 0 Å². The van der Waals surface area contributed by atoms with Gasteiger partial charge >= 0.3 is 6.18 Å². The van der Waals surface area contributed by atoms with Crippen molar-refractivity contribution in [3.05, 3.63) is 29.6 Å². The molecular weight excluding hydrogens is 276 g/mol. The third-order valence-electron chi connectivity index (χ3n) is 3.40.